The van der Waals surface area contributed by atoms with E-state index in [1.165, 1.54) is 6.07 Å². The van der Waals surface area contributed by atoms with E-state index in [2.05, 4.69) is 10.2 Å². The Bertz CT molecular complexity index is 1260. The molecule has 2 N–H and O–H groups in total. The highest BCUT2D eigenvalue weighted by atomic mass is 19.2. The van der Waals surface area contributed by atoms with Crippen LogP contribution in [0.1, 0.15) is 24.3 Å². The molecule has 5 rings (SSSR count). The van der Waals surface area contributed by atoms with E-state index in [0.29, 0.717) is 5.69 Å². The molecule has 3 heterocycles. The van der Waals surface area contributed by atoms with Gasteiger partial charge in [-0.3, -0.25) is 5.10 Å². The fourth-order valence-corrected chi connectivity index (χ4v) is 4.04. The number of H-pyrrole nitrogens is 1. The van der Waals surface area contributed by atoms with Crippen LogP contribution in [0.4, 0.5) is 8.78 Å². The van der Waals surface area contributed by atoms with Crippen LogP contribution in [0.15, 0.2) is 36.5 Å². The van der Waals surface area contributed by atoms with Gasteiger partial charge in [0.15, 0.2) is 17.7 Å². The number of halogens is 2. The number of aromatic nitrogens is 3. The summed E-state index contributed by atoms with van der Waals surface area (Å²) in [6.07, 6.45) is 0.351. The summed E-state index contributed by atoms with van der Waals surface area (Å²) in [5.74, 6) is -2.92. The molecule has 0 radical (unpaired) electrons. The second-order valence-electron chi connectivity index (χ2n) is 6.93. The Kier molecular flexibility index (Phi) is 3.54. The number of benzene rings is 2. The van der Waals surface area contributed by atoms with Crippen molar-refractivity contribution in [1.29, 1.82) is 0 Å². The summed E-state index contributed by atoms with van der Waals surface area (Å²) in [4.78, 5) is 11.5. The zero-order valence-corrected chi connectivity index (χ0v) is 14.7. The van der Waals surface area contributed by atoms with Crippen LogP contribution in [0.5, 0.6) is 0 Å². The molecule has 2 aromatic heterocycles. The summed E-state index contributed by atoms with van der Waals surface area (Å²) in [5.41, 5.74) is 3.56. The molecule has 28 heavy (non-hydrogen) atoms. The van der Waals surface area contributed by atoms with Gasteiger partial charge in [0.05, 0.1) is 29.0 Å². The number of rotatable bonds is 2. The van der Waals surface area contributed by atoms with Crippen LogP contribution in [0, 0.1) is 11.6 Å². The highest BCUT2D eigenvalue weighted by Crippen LogP contribution is 2.40. The topological polar surface area (TPSA) is 80.1 Å². The fourth-order valence-electron chi connectivity index (χ4n) is 4.04. The van der Waals surface area contributed by atoms with Gasteiger partial charge in [-0.1, -0.05) is 0 Å². The van der Waals surface area contributed by atoms with E-state index in [4.69, 9.17) is 4.74 Å². The molecule has 0 fully saturated rings. The average molecular weight is 383 g/mol. The lowest BCUT2D eigenvalue weighted by atomic mass is 9.98. The number of carboxylic acids is 1. The van der Waals surface area contributed by atoms with Gasteiger partial charge in [-0.25, -0.2) is 13.6 Å². The van der Waals surface area contributed by atoms with E-state index in [9.17, 15) is 18.7 Å². The molecule has 6 nitrogen and oxygen atoms in total. The predicted octanol–water partition coefficient (Wildman–Crippen LogP) is 3.87. The van der Waals surface area contributed by atoms with Gasteiger partial charge < -0.3 is 14.4 Å². The number of aliphatic carboxylic acids is 1. The maximum atomic E-state index is 14.0. The van der Waals surface area contributed by atoms with Gasteiger partial charge in [-0.15, -0.1) is 0 Å². The Hall–Kier alpha value is -3.26. The largest absolute Gasteiger partial charge is 0.479 e. The van der Waals surface area contributed by atoms with Crippen molar-refractivity contribution in [1.82, 2.24) is 14.8 Å². The minimum absolute atomic E-state index is 0.182. The van der Waals surface area contributed by atoms with Gasteiger partial charge in [-0.05, 0) is 36.8 Å². The third-order valence-electron chi connectivity index (χ3n) is 5.25. The van der Waals surface area contributed by atoms with Gasteiger partial charge in [0, 0.05) is 28.9 Å². The van der Waals surface area contributed by atoms with Crippen LogP contribution < -0.4 is 0 Å². The van der Waals surface area contributed by atoms with Crippen LogP contribution in [-0.4, -0.2) is 31.9 Å². The molecule has 0 spiro atoms. The number of hydrogen-bond donors (Lipinski definition) is 2. The molecule has 8 heteroatoms. The number of aromatic amines is 1. The predicted molar refractivity (Wildman–Crippen MR) is 97.5 cm³/mol. The summed E-state index contributed by atoms with van der Waals surface area (Å²) < 4.78 is 34.9. The van der Waals surface area contributed by atoms with E-state index in [1.807, 2.05) is 16.7 Å². The molecule has 142 valence electrons. The number of carboxylic acid groups (broad SMARTS) is 1. The lowest BCUT2D eigenvalue weighted by molar-refractivity contribution is -0.155. The minimum Gasteiger partial charge on any atom is -0.479 e. The fraction of sp³-hybridized carbons (Fsp3) is 0.200. The van der Waals surface area contributed by atoms with Crippen molar-refractivity contribution in [2.75, 3.05) is 0 Å². The summed E-state index contributed by atoms with van der Waals surface area (Å²) >= 11 is 0. The highest BCUT2D eigenvalue weighted by Gasteiger charge is 2.35. The quantitative estimate of drug-likeness (QED) is 0.551. The van der Waals surface area contributed by atoms with Crippen molar-refractivity contribution >= 4 is 27.8 Å². The van der Waals surface area contributed by atoms with Crippen molar-refractivity contribution in [3.8, 4) is 5.69 Å². The Morgan fingerprint density at radius 2 is 2.11 bits per heavy atom. The second-order valence-corrected chi connectivity index (χ2v) is 6.93. The Labute approximate surface area is 157 Å². The van der Waals surface area contributed by atoms with Crippen LogP contribution in [-0.2, 0) is 16.0 Å². The first-order valence-electron chi connectivity index (χ1n) is 8.78. The zero-order chi connectivity index (χ0) is 19.6. The molecule has 2 atom stereocenters. The zero-order valence-electron chi connectivity index (χ0n) is 14.7. The molecule has 0 aliphatic carbocycles. The minimum atomic E-state index is -1.03. The molecule has 2 aromatic carbocycles. The molecule has 1 aliphatic heterocycles. The SMILES string of the molecule is CC1OC(C(=O)O)Cc2c1n(-c1ccc(F)c(F)c1)c1cc3cn[nH]c3cc21. The Balaban J connectivity index is 1.87. The molecule has 0 bridgehead atoms. The second kappa shape index (κ2) is 5.87. The standard InChI is InChI=1S/C20H15F2N3O3/c1-9-19-13(7-18(28-9)20(26)27)12-6-16-10(8-23-24-16)4-17(12)25(19)11-2-3-14(21)15(22)5-11/h2-6,8-9,18H,7H2,1H3,(H,23,24)(H,26,27). The molecular weight excluding hydrogens is 368 g/mol. The average Bonchev–Trinajstić information content (AvgIpc) is 3.24. The van der Waals surface area contributed by atoms with Crippen LogP contribution in [0.25, 0.3) is 27.5 Å². The molecular formula is C20H15F2N3O3. The summed E-state index contributed by atoms with van der Waals surface area (Å²) in [5, 5.41) is 18.1. The molecule has 0 saturated heterocycles. The highest BCUT2D eigenvalue weighted by molar-refractivity contribution is 5.99. The number of ether oxygens (including phenoxy) is 1. The van der Waals surface area contributed by atoms with Crippen LogP contribution in [0.2, 0.25) is 0 Å². The molecule has 0 saturated carbocycles. The smallest absolute Gasteiger partial charge is 0.333 e. The maximum Gasteiger partial charge on any atom is 0.333 e. The van der Waals surface area contributed by atoms with Crippen molar-refractivity contribution < 1.29 is 23.4 Å². The number of nitrogens with one attached hydrogen (secondary N) is 1. The van der Waals surface area contributed by atoms with Gasteiger partial charge >= 0.3 is 5.97 Å². The van der Waals surface area contributed by atoms with E-state index >= 15 is 0 Å². The van der Waals surface area contributed by atoms with E-state index in [-0.39, 0.29) is 6.42 Å². The van der Waals surface area contributed by atoms with Crippen LogP contribution >= 0.6 is 0 Å². The Morgan fingerprint density at radius 1 is 1.29 bits per heavy atom. The van der Waals surface area contributed by atoms with E-state index in [1.54, 1.807) is 13.1 Å². The van der Waals surface area contributed by atoms with Gasteiger partial charge in [-0.2, -0.15) is 5.10 Å². The normalized spacial score (nSPS) is 19.2. The summed E-state index contributed by atoms with van der Waals surface area (Å²) in [6.45, 7) is 1.76. The number of hydrogen-bond acceptors (Lipinski definition) is 3. The lowest BCUT2D eigenvalue weighted by Gasteiger charge is -2.27. The van der Waals surface area contributed by atoms with Crippen molar-refractivity contribution in [3.63, 3.8) is 0 Å². The Morgan fingerprint density at radius 3 is 2.86 bits per heavy atom. The third-order valence-corrected chi connectivity index (χ3v) is 5.25. The van der Waals surface area contributed by atoms with Gasteiger partial charge in [0.2, 0.25) is 0 Å². The van der Waals surface area contributed by atoms with E-state index in [0.717, 1.165) is 45.2 Å². The first-order valence-corrected chi connectivity index (χ1v) is 8.78. The number of carbonyl (C=O) groups is 1. The summed E-state index contributed by atoms with van der Waals surface area (Å²) in [7, 11) is 0. The third kappa shape index (κ3) is 2.34. The maximum absolute atomic E-state index is 14.0. The van der Waals surface area contributed by atoms with Crippen LogP contribution in [0.3, 0.4) is 0 Å². The molecule has 4 aromatic rings. The molecule has 0 amide bonds. The van der Waals surface area contributed by atoms with E-state index < -0.39 is 29.8 Å². The first-order chi connectivity index (χ1) is 13.4. The lowest BCUT2D eigenvalue weighted by Crippen LogP contribution is -2.32. The monoisotopic (exact) mass is 383 g/mol. The van der Waals surface area contributed by atoms with Gasteiger partial charge in [0.1, 0.15) is 0 Å². The summed E-state index contributed by atoms with van der Waals surface area (Å²) in [6, 6.07) is 7.51. The molecule has 1 aliphatic rings. The van der Waals surface area contributed by atoms with Crippen molar-refractivity contribution in [2.24, 2.45) is 0 Å². The van der Waals surface area contributed by atoms with Gasteiger partial charge in [0.25, 0.3) is 0 Å². The first kappa shape index (κ1) is 16.9. The van der Waals surface area contributed by atoms with Crippen molar-refractivity contribution in [2.45, 2.75) is 25.6 Å². The van der Waals surface area contributed by atoms with Crippen molar-refractivity contribution in [3.05, 3.63) is 59.4 Å². The number of fused-ring (bicyclic) bond motifs is 4. The molecule has 2 unspecified atom stereocenters. The number of nitrogens with zero attached hydrogens (tertiary/aromatic N) is 2.